The van der Waals surface area contributed by atoms with Crippen LogP contribution in [0.3, 0.4) is 0 Å². The van der Waals surface area contributed by atoms with Crippen molar-refractivity contribution in [2.45, 2.75) is 25.8 Å². The molecule has 15 heavy (non-hydrogen) atoms. The summed E-state index contributed by atoms with van der Waals surface area (Å²) in [5.41, 5.74) is 0. The lowest BCUT2D eigenvalue weighted by Gasteiger charge is -2.42. The van der Waals surface area contributed by atoms with Crippen LogP contribution in [0.15, 0.2) is 0 Å². The van der Waals surface area contributed by atoms with Crippen molar-refractivity contribution < 1.29 is 9.53 Å². The lowest BCUT2D eigenvalue weighted by atomic mass is 9.91. The first kappa shape index (κ1) is 10.9. The van der Waals surface area contributed by atoms with E-state index in [2.05, 4.69) is 10.2 Å². The van der Waals surface area contributed by atoms with Gasteiger partial charge in [-0.15, -0.1) is 0 Å². The van der Waals surface area contributed by atoms with E-state index in [4.69, 9.17) is 4.74 Å². The number of hydrogen-bond acceptors (Lipinski definition) is 4. The second-order valence-electron chi connectivity index (χ2n) is 4.38. The molecule has 0 saturated carbocycles. The van der Waals surface area contributed by atoms with E-state index in [9.17, 15) is 4.79 Å². The summed E-state index contributed by atoms with van der Waals surface area (Å²) in [5.74, 6) is 0.105. The zero-order valence-electron chi connectivity index (χ0n) is 9.37. The molecule has 2 heterocycles. The topological polar surface area (TPSA) is 41.6 Å². The monoisotopic (exact) mass is 212 g/mol. The van der Waals surface area contributed by atoms with Gasteiger partial charge in [0.1, 0.15) is 0 Å². The average molecular weight is 212 g/mol. The van der Waals surface area contributed by atoms with Gasteiger partial charge in [0.25, 0.3) is 0 Å². The Morgan fingerprint density at radius 1 is 1.53 bits per heavy atom. The van der Waals surface area contributed by atoms with E-state index in [1.165, 1.54) is 0 Å². The number of fused-ring (bicyclic) bond motifs is 1. The van der Waals surface area contributed by atoms with Crippen molar-refractivity contribution in [1.29, 1.82) is 0 Å². The van der Waals surface area contributed by atoms with Crippen LogP contribution in [0.1, 0.15) is 19.8 Å². The standard InChI is InChI=1S/C11H20N2O2/c1-2-15-11(14)9-3-4-10-7-12-5-6-13(10)8-9/h9-10,12H,2-8H2,1H3/t9-,10-/m0/s1. The Hall–Kier alpha value is -0.610. The fourth-order valence-corrected chi connectivity index (χ4v) is 2.55. The molecule has 0 bridgehead atoms. The van der Waals surface area contributed by atoms with Crippen LogP contribution >= 0.6 is 0 Å². The van der Waals surface area contributed by atoms with Crippen LogP contribution in [0.5, 0.6) is 0 Å². The Balaban J connectivity index is 1.87. The van der Waals surface area contributed by atoms with Crippen LogP contribution in [0, 0.1) is 5.92 Å². The van der Waals surface area contributed by atoms with Gasteiger partial charge in [-0.3, -0.25) is 9.69 Å². The summed E-state index contributed by atoms with van der Waals surface area (Å²) in [5, 5.41) is 3.40. The number of rotatable bonds is 2. The van der Waals surface area contributed by atoms with E-state index in [0.29, 0.717) is 12.6 Å². The van der Waals surface area contributed by atoms with E-state index >= 15 is 0 Å². The number of carbonyl (C=O) groups is 1. The van der Waals surface area contributed by atoms with Crippen molar-refractivity contribution in [1.82, 2.24) is 10.2 Å². The summed E-state index contributed by atoms with van der Waals surface area (Å²) < 4.78 is 5.08. The van der Waals surface area contributed by atoms with Crippen LogP contribution in [-0.4, -0.2) is 49.7 Å². The van der Waals surface area contributed by atoms with Crippen LogP contribution in [0.4, 0.5) is 0 Å². The van der Waals surface area contributed by atoms with Gasteiger partial charge in [0, 0.05) is 32.2 Å². The third-order valence-corrected chi connectivity index (χ3v) is 3.40. The molecule has 2 aliphatic rings. The van der Waals surface area contributed by atoms with Gasteiger partial charge in [-0.2, -0.15) is 0 Å². The molecular weight excluding hydrogens is 192 g/mol. The molecule has 86 valence electrons. The molecule has 1 N–H and O–H groups in total. The molecule has 4 nitrogen and oxygen atoms in total. The number of esters is 1. The number of carbonyl (C=O) groups excluding carboxylic acids is 1. The number of ether oxygens (including phenoxy) is 1. The third kappa shape index (κ3) is 2.49. The van der Waals surface area contributed by atoms with Crippen molar-refractivity contribution in [3.63, 3.8) is 0 Å². The predicted octanol–water partition coefficient (Wildman–Crippen LogP) is 0.233. The highest BCUT2D eigenvalue weighted by Crippen LogP contribution is 2.23. The van der Waals surface area contributed by atoms with E-state index in [1.54, 1.807) is 0 Å². The molecule has 2 saturated heterocycles. The van der Waals surface area contributed by atoms with Gasteiger partial charge in [0.2, 0.25) is 0 Å². The minimum Gasteiger partial charge on any atom is -0.466 e. The molecule has 0 aliphatic carbocycles. The summed E-state index contributed by atoms with van der Waals surface area (Å²) in [4.78, 5) is 14.0. The molecule has 0 aromatic carbocycles. The smallest absolute Gasteiger partial charge is 0.310 e. The first-order valence-corrected chi connectivity index (χ1v) is 5.92. The fraction of sp³-hybridized carbons (Fsp3) is 0.909. The molecule has 0 radical (unpaired) electrons. The largest absolute Gasteiger partial charge is 0.466 e. The Labute approximate surface area is 91.0 Å². The van der Waals surface area contributed by atoms with Gasteiger partial charge in [-0.1, -0.05) is 0 Å². The van der Waals surface area contributed by atoms with E-state index in [0.717, 1.165) is 39.0 Å². The van der Waals surface area contributed by atoms with Crippen molar-refractivity contribution in [3.8, 4) is 0 Å². The lowest BCUT2D eigenvalue weighted by molar-refractivity contribution is -0.150. The van der Waals surface area contributed by atoms with Crippen molar-refractivity contribution >= 4 is 5.97 Å². The molecular formula is C11H20N2O2. The summed E-state index contributed by atoms with van der Waals surface area (Å²) in [6.07, 6.45) is 2.11. The highest BCUT2D eigenvalue weighted by molar-refractivity contribution is 5.72. The second-order valence-corrected chi connectivity index (χ2v) is 4.38. The van der Waals surface area contributed by atoms with Crippen molar-refractivity contribution in [2.75, 3.05) is 32.8 Å². The number of piperazine rings is 1. The van der Waals surface area contributed by atoms with Crippen molar-refractivity contribution in [2.24, 2.45) is 5.92 Å². The molecule has 0 aromatic rings. The summed E-state index contributed by atoms with van der Waals surface area (Å²) in [7, 11) is 0. The van der Waals surface area contributed by atoms with Gasteiger partial charge in [-0.25, -0.2) is 0 Å². The molecule has 2 atom stereocenters. The highest BCUT2D eigenvalue weighted by atomic mass is 16.5. The number of piperidine rings is 1. The minimum absolute atomic E-state index is 0.00511. The Morgan fingerprint density at radius 2 is 2.40 bits per heavy atom. The van der Waals surface area contributed by atoms with Gasteiger partial charge < -0.3 is 10.1 Å². The summed E-state index contributed by atoms with van der Waals surface area (Å²) in [6.45, 7) is 6.46. The zero-order valence-corrected chi connectivity index (χ0v) is 9.37. The molecule has 0 aromatic heterocycles. The van der Waals surface area contributed by atoms with Gasteiger partial charge in [0.15, 0.2) is 0 Å². The molecule has 2 rings (SSSR count). The molecule has 0 amide bonds. The molecule has 4 heteroatoms. The Morgan fingerprint density at radius 3 is 3.20 bits per heavy atom. The highest BCUT2D eigenvalue weighted by Gasteiger charge is 2.33. The minimum atomic E-state index is -0.00511. The quantitative estimate of drug-likeness (QED) is 0.665. The lowest BCUT2D eigenvalue weighted by Crippen LogP contribution is -2.55. The predicted molar refractivity (Wildman–Crippen MR) is 57.6 cm³/mol. The third-order valence-electron chi connectivity index (χ3n) is 3.40. The maximum atomic E-state index is 11.6. The molecule has 0 unspecified atom stereocenters. The number of hydrogen-bond donors (Lipinski definition) is 1. The molecule has 2 fully saturated rings. The molecule has 0 spiro atoms. The van der Waals surface area contributed by atoms with E-state index < -0.39 is 0 Å². The summed E-state index contributed by atoms with van der Waals surface area (Å²) >= 11 is 0. The van der Waals surface area contributed by atoms with Crippen LogP contribution < -0.4 is 5.32 Å². The van der Waals surface area contributed by atoms with Crippen molar-refractivity contribution in [3.05, 3.63) is 0 Å². The van der Waals surface area contributed by atoms with Gasteiger partial charge in [-0.05, 0) is 19.8 Å². The van der Waals surface area contributed by atoms with Gasteiger partial charge >= 0.3 is 5.97 Å². The van der Waals surface area contributed by atoms with E-state index in [1.807, 2.05) is 6.92 Å². The normalized spacial score (nSPS) is 32.1. The maximum Gasteiger partial charge on any atom is 0.310 e. The number of nitrogens with one attached hydrogen (secondary N) is 1. The number of nitrogens with zero attached hydrogens (tertiary/aromatic N) is 1. The molecule has 2 aliphatic heterocycles. The summed E-state index contributed by atoms with van der Waals surface area (Å²) in [6, 6.07) is 0.643. The second kappa shape index (κ2) is 4.94. The maximum absolute atomic E-state index is 11.6. The first-order valence-electron chi connectivity index (χ1n) is 5.92. The Kier molecular flexibility index (Phi) is 3.59. The van der Waals surface area contributed by atoms with Crippen LogP contribution in [-0.2, 0) is 9.53 Å². The average Bonchev–Trinajstić information content (AvgIpc) is 2.29. The van der Waals surface area contributed by atoms with Crippen LogP contribution in [0.2, 0.25) is 0 Å². The first-order chi connectivity index (χ1) is 7.31. The van der Waals surface area contributed by atoms with Crippen LogP contribution in [0.25, 0.3) is 0 Å². The van der Waals surface area contributed by atoms with Gasteiger partial charge in [0.05, 0.1) is 12.5 Å². The zero-order chi connectivity index (χ0) is 10.7. The van der Waals surface area contributed by atoms with E-state index in [-0.39, 0.29) is 11.9 Å². The SMILES string of the molecule is CCOC(=O)[C@H]1CC[C@H]2CNCCN2C1. The fourth-order valence-electron chi connectivity index (χ4n) is 2.55. The Bertz CT molecular complexity index is 233.